The molecule has 18 heavy (non-hydrogen) atoms. The molecule has 1 rings (SSSR count). The van der Waals surface area contributed by atoms with Crippen LogP contribution in [0.5, 0.6) is 0 Å². The van der Waals surface area contributed by atoms with Crippen LogP contribution in [-0.2, 0) is 0 Å². The minimum atomic E-state index is 0.877. The molecular weight excluding hydrogens is 224 g/mol. The summed E-state index contributed by atoms with van der Waals surface area (Å²) in [5.74, 6) is 1.16. The number of rotatable bonds is 3. The number of piperazine rings is 1. The highest BCUT2D eigenvalue weighted by Gasteiger charge is 2.15. The molecule has 4 nitrogen and oxygen atoms in total. The Kier molecular flexibility index (Phi) is 8.29. The molecule has 0 radical (unpaired) electrons. The van der Waals surface area contributed by atoms with Crippen LogP contribution in [0.4, 0.5) is 0 Å². The minimum absolute atomic E-state index is 0.877. The highest BCUT2D eigenvalue weighted by molar-refractivity contribution is 5.23. The molecule has 0 unspecified atom stereocenters. The van der Waals surface area contributed by atoms with E-state index in [0.717, 1.165) is 43.3 Å². The van der Waals surface area contributed by atoms with Gasteiger partial charge in [-0.3, -0.25) is 0 Å². The van der Waals surface area contributed by atoms with Crippen LogP contribution in [0.25, 0.3) is 0 Å². The SMILES string of the molecule is CC.CN/C(=C\C(C)=C(/C)N)N1CCN(C)CC1. The predicted octanol–water partition coefficient (Wildman–Crippen LogP) is 1.57. The van der Waals surface area contributed by atoms with Crippen molar-refractivity contribution >= 4 is 0 Å². The smallest absolute Gasteiger partial charge is 0.101 e. The van der Waals surface area contributed by atoms with Gasteiger partial charge in [0.2, 0.25) is 0 Å². The molecule has 0 spiro atoms. The minimum Gasteiger partial charge on any atom is -0.402 e. The lowest BCUT2D eigenvalue weighted by Crippen LogP contribution is -2.46. The van der Waals surface area contributed by atoms with Gasteiger partial charge >= 0.3 is 0 Å². The van der Waals surface area contributed by atoms with Crippen LogP contribution in [0.2, 0.25) is 0 Å². The van der Waals surface area contributed by atoms with Gasteiger partial charge < -0.3 is 20.9 Å². The van der Waals surface area contributed by atoms with Crippen molar-refractivity contribution in [2.75, 3.05) is 40.3 Å². The summed E-state index contributed by atoms with van der Waals surface area (Å²) in [6.45, 7) is 12.3. The van der Waals surface area contributed by atoms with Gasteiger partial charge in [0.25, 0.3) is 0 Å². The fourth-order valence-electron chi connectivity index (χ4n) is 1.69. The van der Waals surface area contributed by atoms with Crippen molar-refractivity contribution in [3.63, 3.8) is 0 Å². The Morgan fingerprint density at radius 2 is 1.61 bits per heavy atom. The van der Waals surface area contributed by atoms with Crippen LogP contribution in [0.15, 0.2) is 23.2 Å². The summed E-state index contributed by atoms with van der Waals surface area (Å²) >= 11 is 0. The summed E-state index contributed by atoms with van der Waals surface area (Å²) in [7, 11) is 4.12. The zero-order chi connectivity index (χ0) is 14.1. The van der Waals surface area contributed by atoms with Gasteiger partial charge in [-0.15, -0.1) is 0 Å². The molecule has 1 fully saturated rings. The lowest BCUT2D eigenvalue weighted by Gasteiger charge is -2.35. The van der Waals surface area contributed by atoms with E-state index in [1.807, 2.05) is 34.7 Å². The Bertz CT molecular complexity index is 282. The molecular formula is C14H30N4. The molecule has 1 heterocycles. The fraction of sp³-hybridized carbons (Fsp3) is 0.714. The van der Waals surface area contributed by atoms with E-state index in [4.69, 9.17) is 5.73 Å². The average molecular weight is 254 g/mol. The molecule has 106 valence electrons. The first kappa shape index (κ1) is 16.8. The largest absolute Gasteiger partial charge is 0.402 e. The normalized spacial score (nSPS) is 18.8. The maximum absolute atomic E-state index is 5.77. The van der Waals surface area contributed by atoms with E-state index in [0.29, 0.717) is 0 Å². The molecule has 0 saturated carbocycles. The molecule has 4 heteroatoms. The van der Waals surface area contributed by atoms with Crippen LogP contribution < -0.4 is 11.1 Å². The van der Waals surface area contributed by atoms with Crippen LogP contribution in [0.3, 0.4) is 0 Å². The Morgan fingerprint density at radius 1 is 1.11 bits per heavy atom. The van der Waals surface area contributed by atoms with Gasteiger partial charge in [-0.05, 0) is 32.5 Å². The van der Waals surface area contributed by atoms with Crippen LogP contribution >= 0.6 is 0 Å². The van der Waals surface area contributed by atoms with Gasteiger partial charge in [0, 0.05) is 38.9 Å². The molecule has 1 aliphatic heterocycles. The molecule has 3 N–H and O–H groups in total. The standard InChI is InChI=1S/C12H24N4.C2H6/c1-10(11(2)13)9-12(14-3)16-7-5-15(4)6-8-16;1-2/h9,14H,5-8,13H2,1-4H3;1-2H3/b11-10+,12-9+;. The van der Waals surface area contributed by atoms with E-state index in [2.05, 4.69) is 28.2 Å². The summed E-state index contributed by atoms with van der Waals surface area (Å²) in [4.78, 5) is 4.72. The maximum atomic E-state index is 5.77. The van der Waals surface area contributed by atoms with Crippen molar-refractivity contribution < 1.29 is 0 Å². The third-order valence-corrected chi connectivity index (χ3v) is 3.08. The summed E-state index contributed by atoms with van der Waals surface area (Å²) in [6, 6.07) is 0. The fourth-order valence-corrected chi connectivity index (χ4v) is 1.69. The van der Waals surface area contributed by atoms with E-state index in [9.17, 15) is 0 Å². The van der Waals surface area contributed by atoms with Gasteiger partial charge in [0.15, 0.2) is 0 Å². The van der Waals surface area contributed by atoms with Gasteiger partial charge in [-0.1, -0.05) is 13.8 Å². The molecule has 0 aromatic rings. The van der Waals surface area contributed by atoms with Crippen molar-refractivity contribution in [3.8, 4) is 0 Å². The van der Waals surface area contributed by atoms with Gasteiger partial charge in [-0.2, -0.15) is 0 Å². The van der Waals surface area contributed by atoms with E-state index in [1.54, 1.807) is 0 Å². The second-order valence-corrected chi connectivity index (χ2v) is 4.44. The molecule has 0 aliphatic carbocycles. The molecule has 0 aromatic heterocycles. The first-order valence-corrected chi connectivity index (χ1v) is 6.80. The van der Waals surface area contributed by atoms with E-state index in [1.165, 1.54) is 0 Å². The number of nitrogens with one attached hydrogen (secondary N) is 1. The first-order valence-electron chi connectivity index (χ1n) is 6.80. The van der Waals surface area contributed by atoms with E-state index < -0.39 is 0 Å². The molecule has 0 aromatic carbocycles. The topological polar surface area (TPSA) is 44.5 Å². The van der Waals surface area contributed by atoms with E-state index in [-0.39, 0.29) is 0 Å². The van der Waals surface area contributed by atoms with Gasteiger partial charge in [0.1, 0.15) is 5.82 Å². The third kappa shape index (κ3) is 5.45. The average Bonchev–Trinajstić information content (AvgIpc) is 2.39. The van der Waals surface area contributed by atoms with Crippen molar-refractivity contribution in [3.05, 3.63) is 23.2 Å². The molecule has 1 aliphatic rings. The summed E-state index contributed by atoms with van der Waals surface area (Å²) in [6.07, 6.45) is 2.13. The van der Waals surface area contributed by atoms with Gasteiger partial charge in [-0.25, -0.2) is 0 Å². The highest BCUT2D eigenvalue weighted by atomic mass is 15.3. The number of hydrogen-bond acceptors (Lipinski definition) is 4. The van der Waals surface area contributed by atoms with Crippen LogP contribution in [0, 0.1) is 0 Å². The number of hydrogen-bond donors (Lipinski definition) is 2. The lowest BCUT2D eigenvalue weighted by atomic mass is 10.2. The van der Waals surface area contributed by atoms with Gasteiger partial charge in [0.05, 0.1) is 0 Å². The molecule has 0 bridgehead atoms. The monoisotopic (exact) mass is 254 g/mol. The maximum Gasteiger partial charge on any atom is 0.101 e. The molecule has 0 amide bonds. The summed E-state index contributed by atoms with van der Waals surface area (Å²) < 4.78 is 0. The van der Waals surface area contributed by atoms with Crippen LogP contribution in [-0.4, -0.2) is 50.1 Å². The van der Waals surface area contributed by atoms with Crippen molar-refractivity contribution in [2.24, 2.45) is 5.73 Å². The van der Waals surface area contributed by atoms with Crippen molar-refractivity contribution in [1.29, 1.82) is 0 Å². The number of likely N-dealkylation sites (N-methyl/N-ethyl adjacent to an activating group) is 1. The quantitative estimate of drug-likeness (QED) is 0.751. The Hall–Kier alpha value is -1.16. The molecule has 0 atom stereocenters. The molecule has 1 saturated heterocycles. The van der Waals surface area contributed by atoms with E-state index >= 15 is 0 Å². The van der Waals surface area contributed by atoms with Crippen LogP contribution in [0.1, 0.15) is 27.7 Å². The second-order valence-electron chi connectivity index (χ2n) is 4.44. The third-order valence-electron chi connectivity index (χ3n) is 3.08. The lowest BCUT2D eigenvalue weighted by molar-refractivity contribution is 0.179. The Balaban J connectivity index is 0.00000137. The first-order chi connectivity index (χ1) is 8.54. The summed E-state index contributed by atoms with van der Waals surface area (Å²) in [5.41, 5.74) is 7.78. The number of allylic oxidation sites excluding steroid dienone is 3. The Labute approximate surface area is 113 Å². The number of nitrogens with two attached hydrogens (primary N) is 1. The van der Waals surface area contributed by atoms with Crippen molar-refractivity contribution in [1.82, 2.24) is 15.1 Å². The Morgan fingerprint density at radius 3 is 2.00 bits per heavy atom. The summed E-state index contributed by atoms with van der Waals surface area (Å²) in [5, 5.41) is 3.25. The zero-order valence-electron chi connectivity index (χ0n) is 12.9. The predicted molar refractivity (Wildman–Crippen MR) is 80.1 cm³/mol. The number of nitrogens with zero attached hydrogens (tertiary/aromatic N) is 2. The highest BCUT2D eigenvalue weighted by Crippen LogP contribution is 2.09. The van der Waals surface area contributed by atoms with Crippen molar-refractivity contribution in [2.45, 2.75) is 27.7 Å². The second kappa shape index (κ2) is 8.86. The zero-order valence-corrected chi connectivity index (χ0v) is 12.9.